The van der Waals surface area contributed by atoms with Crippen molar-refractivity contribution in [1.29, 1.82) is 0 Å². The molecule has 0 spiro atoms. The van der Waals surface area contributed by atoms with E-state index in [1.807, 2.05) is 0 Å². The van der Waals surface area contributed by atoms with E-state index in [1.165, 1.54) is 27.7 Å². The van der Waals surface area contributed by atoms with Gasteiger partial charge in [-0.05, 0) is 27.7 Å². The summed E-state index contributed by atoms with van der Waals surface area (Å²) in [5.41, 5.74) is 0. The van der Waals surface area contributed by atoms with Crippen LogP contribution in [0.5, 0.6) is 0 Å². The Morgan fingerprint density at radius 2 is 1.48 bits per heavy atom. The Hall–Kier alpha value is -1.87. The first-order chi connectivity index (χ1) is 12.7. The van der Waals surface area contributed by atoms with Gasteiger partial charge >= 0.3 is 39.2 Å². The van der Waals surface area contributed by atoms with Crippen LogP contribution in [-0.2, 0) is 29.2 Å². The minimum absolute atomic E-state index is 0.424. The summed E-state index contributed by atoms with van der Waals surface area (Å²) in [4.78, 5) is 24.4. The van der Waals surface area contributed by atoms with Crippen molar-refractivity contribution >= 4 is 22.0 Å². The molecule has 0 bridgehead atoms. The van der Waals surface area contributed by atoms with Crippen LogP contribution < -0.4 is 0 Å². The van der Waals surface area contributed by atoms with Crippen molar-refractivity contribution in [3.05, 3.63) is 12.4 Å². The molecule has 0 aliphatic heterocycles. The average Bonchev–Trinajstić information content (AvgIpc) is 2.47. The molecule has 15 heteroatoms. The van der Waals surface area contributed by atoms with Gasteiger partial charge in [-0.1, -0.05) is 6.58 Å². The van der Waals surface area contributed by atoms with Crippen LogP contribution in [0.3, 0.4) is 0 Å². The lowest BCUT2D eigenvalue weighted by molar-refractivity contribution is -0.357. The van der Waals surface area contributed by atoms with Gasteiger partial charge in [-0.25, -0.2) is 4.79 Å². The van der Waals surface area contributed by atoms with Gasteiger partial charge in [-0.3, -0.25) is 9.35 Å². The van der Waals surface area contributed by atoms with Crippen molar-refractivity contribution in [2.75, 3.05) is 6.61 Å². The zero-order valence-corrected chi connectivity index (χ0v) is 16.4. The van der Waals surface area contributed by atoms with Crippen LogP contribution in [0.4, 0.5) is 26.3 Å². The van der Waals surface area contributed by atoms with Gasteiger partial charge in [0.25, 0.3) is 0 Å². The quantitative estimate of drug-likeness (QED) is 0.185. The first-order valence-electron chi connectivity index (χ1n) is 7.67. The maximum Gasteiger partial charge on any atom is 0.466 e. The van der Waals surface area contributed by atoms with Gasteiger partial charge in [-0.2, -0.15) is 34.8 Å². The lowest BCUT2D eigenvalue weighted by Gasteiger charge is -2.40. The van der Waals surface area contributed by atoms with Gasteiger partial charge in [0.1, 0.15) is 6.61 Å². The Labute approximate surface area is 162 Å². The summed E-state index contributed by atoms with van der Waals surface area (Å²) in [5.74, 6) is -11.7. The maximum absolute atomic E-state index is 13.7. The predicted octanol–water partition coefficient (Wildman–Crippen LogP) is 2.41. The number of alkyl halides is 5. The molecule has 0 heterocycles. The molecule has 0 aromatic rings. The Bertz CT molecular complexity index is 742. The van der Waals surface area contributed by atoms with E-state index in [-0.39, 0.29) is 0 Å². The van der Waals surface area contributed by atoms with Crippen LogP contribution in [0.1, 0.15) is 27.7 Å². The zero-order valence-electron chi connectivity index (χ0n) is 15.6. The highest BCUT2D eigenvalue weighted by Gasteiger charge is 2.69. The van der Waals surface area contributed by atoms with Crippen LogP contribution >= 0.6 is 0 Å². The molecule has 1 unspecified atom stereocenters. The normalized spacial score (nSPS) is 15.2. The number of hydrogen-bond acceptors (Lipinski definition) is 6. The summed E-state index contributed by atoms with van der Waals surface area (Å²) in [5, 5.41) is -5.33. The lowest BCUT2D eigenvalue weighted by Crippen LogP contribution is -2.65. The van der Waals surface area contributed by atoms with Crippen LogP contribution in [-0.4, -0.2) is 65.7 Å². The monoisotopic (exact) mass is 459 g/mol. The van der Waals surface area contributed by atoms with Gasteiger partial charge < -0.3 is 14.4 Å². The second-order valence-electron chi connectivity index (χ2n) is 6.21. The van der Waals surface area contributed by atoms with E-state index < -0.39 is 63.7 Å². The number of esters is 1. The highest BCUT2D eigenvalue weighted by Crippen LogP contribution is 2.40. The topological polar surface area (TPSA) is 110 Å². The van der Waals surface area contributed by atoms with Gasteiger partial charge in [0.2, 0.25) is 5.83 Å². The van der Waals surface area contributed by atoms with Crippen molar-refractivity contribution in [3.63, 3.8) is 0 Å². The minimum Gasteiger partial charge on any atom is -0.410 e. The molecule has 0 aromatic heterocycles. The largest absolute Gasteiger partial charge is 0.466 e. The first kappa shape index (κ1) is 27.1. The van der Waals surface area contributed by atoms with E-state index in [0.29, 0.717) is 4.90 Å². The Kier molecular flexibility index (Phi) is 8.30. The van der Waals surface area contributed by atoms with Crippen molar-refractivity contribution in [1.82, 2.24) is 4.90 Å². The molecule has 1 amide bonds. The van der Waals surface area contributed by atoms with E-state index in [9.17, 15) is 44.3 Å². The smallest absolute Gasteiger partial charge is 0.410 e. The van der Waals surface area contributed by atoms with E-state index >= 15 is 0 Å². The SMILES string of the molecule is C=C(F)C(=O)OC(OCC(F)(F)S(=O)(=O)O)(C(=O)N(C(C)C)C(C)C)C(F)(F)F. The number of rotatable bonds is 9. The summed E-state index contributed by atoms with van der Waals surface area (Å²) < 4.78 is 118. The fraction of sp³-hybridized carbons (Fsp3) is 0.714. The van der Waals surface area contributed by atoms with Crippen LogP contribution in [0, 0.1) is 0 Å². The second kappa shape index (κ2) is 8.87. The van der Waals surface area contributed by atoms with Gasteiger partial charge in [0.05, 0.1) is 0 Å². The average molecular weight is 459 g/mol. The summed E-state index contributed by atoms with van der Waals surface area (Å²) >= 11 is 0. The number of carbonyl (C=O) groups is 2. The number of carbonyl (C=O) groups excluding carboxylic acids is 2. The number of halogens is 6. The van der Waals surface area contributed by atoms with Gasteiger partial charge in [-0.15, -0.1) is 0 Å². The highest BCUT2D eigenvalue weighted by atomic mass is 32.2. The molecular weight excluding hydrogens is 440 g/mol. The molecule has 170 valence electrons. The van der Waals surface area contributed by atoms with E-state index in [4.69, 9.17) is 4.55 Å². The summed E-state index contributed by atoms with van der Waals surface area (Å²) in [6, 6.07) is -2.05. The molecule has 8 nitrogen and oxygen atoms in total. The zero-order chi connectivity index (χ0) is 23.6. The van der Waals surface area contributed by atoms with E-state index in [0.717, 1.165) is 0 Å². The number of amides is 1. The highest BCUT2D eigenvalue weighted by molar-refractivity contribution is 7.86. The maximum atomic E-state index is 13.7. The fourth-order valence-corrected chi connectivity index (χ4v) is 2.28. The van der Waals surface area contributed by atoms with Crippen LogP contribution in [0.25, 0.3) is 0 Å². The van der Waals surface area contributed by atoms with Crippen molar-refractivity contribution in [2.45, 2.75) is 57.0 Å². The van der Waals surface area contributed by atoms with E-state index in [1.54, 1.807) is 0 Å². The molecule has 0 aliphatic rings. The Morgan fingerprint density at radius 3 is 1.76 bits per heavy atom. The van der Waals surface area contributed by atoms with Gasteiger partial charge in [0.15, 0.2) is 0 Å². The third-order valence-corrected chi connectivity index (χ3v) is 4.15. The molecule has 0 aromatic carbocycles. The molecule has 29 heavy (non-hydrogen) atoms. The molecule has 1 N–H and O–H groups in total. The van der Waals surface area contributed by atoms with Crippen molar-refractivity contribution < 1.29 is 58.4 Å². The third-order valence-electron chi connectivity index (χ3n) is 3.28. The third kappa shape index (κ3) is 6.05. The van der Waals surface area contributed by atoms with Crippen LogP contribution in [0.2, 0.25) is 0 Å². The predicted molar refractivity (Wildman–Crippen MR) is 84.7 cm³/mol. The van der Waals surface area contributed by atoms with Gasteiger partial charge in [0, 0.05) is 12.1 Å². The minimum atomic E-state index is -6.28. The Morgan fingerprint density at radius 1 is 1.07 bits per heavy atom. The molecule has 0 rings (SSSR count). The molecule has 0 fully saturated rings. The number of nitrogens with zero attached hydrogens (tertiary/aromatic N) is 1. The summed E-state index contributed by atoms with van der Waals surface area (Å²) in [6.07, 6.45) is -6.08. The molecule has 1 atom stereocenters. The van der Waals surface area contributed by atoms with Crippen molar-refractivity contribution in [2.24, 2.45) is 0 Å². The fourth-order valence-electron chi connectivity index (χ4n) is 2.08. The lowest BCUT2D eigenvalue weighted by atomic mass is 10.1. The molecule has 0 aliphatic carbocycles. The second-order valence-corrected chi connectivity index (χ2v) is 7.76. The standard InChI is InChI=1S/C14H19F6NO7S/c1-7(2)21(8(3)4)11(23)13(14(18,19)20,28-10(22)9(5)15)27-6-12(16,17)29(24,25)26/h7-8H,5-6H2,1-4H3,(H,24,25,26). The first-order valence-corrected chi connectivity index (χ1v) is 9.11. The molecule has 0 saturated heterocycles. The van der Waals surface area contributed by atoms with Crippen LogP contribution in [0.15, 0.2) is 12.4 Å². The molecular formula is C14H19F6NO7S. The number of ether oxygens (including phenoxy) is 2. The summed E-state index contributed by atoms with van der Waals surface area (Å²) in [7, 11) is -6.28. The molecule has 0 saturated carbocycles. The Balaban J connectivity index is 6.61. The molecule has 0 radical (unpaired) electrons. The van der Waals surface area contributed by atoms with Crippen molar-refractivity contribution in [3.8, 4) is 0 Å². The van der Waals surface area contributed by atoms with E-state index in [2.05, 4.69) is 16.1 Å². The summed E-state index contributed by atoms with van der Waals surface area (Å²) in [6.45, 7) is 4.51. The number of hydrogen-bond donors (Lipinski definition) is 1.